The highest BCUT2D eigenvalue weighted by Crippen LogP contribution is 2.29. The second kappa shape index (κ2) is 10.0. The summed E-state index contributed by atoms with van der Waals surface area (Å²) in [6.07, 6.45) is 0. The van der Waals surface area contributed by atoms with Gasteiger partial charge in [0.25, 0.3) is 0 Å². The molecular formula is C33H24N2O5. The number of nitrogens with one attached hydrogen (secondary N) is 2. The van der Waals surface area contributed by atoms with Crippen molar-refractivity contribution < 1.29 is 23.9 Å². The maximum Gasteiger partial charge on any atom is 0.337 e. The van der Waals surface area contributed by atoms with Crippen LogP contribution in [-0.4, -0.2) is 41.9 Å². The number of ketones is 1. The molecule has 40 heavy (non-hydrogen) atoms. The predicted octanol–water partition coefficient (Wildman–Crippen LogP) is 6.79. The lowest BCUT2D eigenvalue weighted by molar-refractivity contribution is 0.0592. The number of methoxy groups -OCH3 is 2. The third-order valence-corrected chi connectivity index (χ3v) is 6.96. The quantitative estimate of drug-likeness (QED) is 0.183. The van der Waals surface area contributed by atoms with E-state index in [4.69, 9.17) is 9.47 Å². The molecule has 0 aliphatic carbocycles. The van der Waals surface area contributed by atoms with Gasteiger partial charge in [0.2, 0.25) is 0 Å². The van der Waals surface area contributed by atoms with Crippen molar-refractivity contribution in [3.8, 4) is 22.5 Å². The molecule has 2 aromatic heterocycles. The highest BCUT2D eigenvalue weighted by molar-refractivity contribution is 6.10. The van der Waals surface area contributed by atoms with E-state index in [-0.39, 0.29) is 5.78 Å². The number of esters is 2. The molecule has 0 aliphatic heterocycles. The van der Waals surface area contributed by atoms with E-state index in [1.807, 2.05) is 60.7 Å². The number of hydrogen-bond donors (Lipinski definition) is 2. The smallest absolute Gasteiger partial charge is 0.337 e. The van der Waals surface area contributed by atoms with E-state index in [0.29, 0.717) is 22.3 Å². The van der Waals surface area contributed by atoms with Gasteiger partial charge in [-0.3, -0.25) is 4.79 Å². The molecule has 4 aromatic carbocycles. The Morgan fingerprint density at radius 1 is 0.525 bits per heavy atom. The van der Waals surface area contributed by atoms with E-state index in [1.165, 1.54) is 14.2 Å². The Morgan fingerprint density at radius 3 is 1.40 bits per heavy atom. The summed E-state index contributed by atoms with van der Waals surface area (Å²) in [5.74, 6) is -0.894. The van der Waals surface area contributed by atoms with Crippen LogP contribution in [0.3, 0.4) is 0 Å². The van der Waals surface area contributed by atoms with Gasteiger partial charge in [0.1, 0.15) is 0 Å². The Hall–Kier alpha value is -5.43. The number of aromatic amines is 2. The molecule has 0 saturated carbocycles. The highest BCUT2D eigenvalue weighted by Gasteiger charge is 2.15. The molecule has 0 atom stereocenters. The SMILES string of the molecule is COC(=O)c1ccc2cc(-c3cccc(C(=O)c4cccc(-c5cc6ccc(C(=O)OC)cc6[nH]5)c4)c3)[nH]c2c1. The lowest BCUT2D eigenvalue weighted by atomic mass is 9.98. The van der Waals surface area contributed by atoms with Crippen LogP contribution >= 0.6 is 0 Å². The van der Waals surface area contributed by atoms with Crippen LogP contribution in [-0.2, 0) is 9.47 Å². The lowest BCUT2D eigenvalue weighted by Crippen LogP contribution is -2.01. The van der Waals surface area contributed by atoms with Gasteiger partial charge in [-0.1, -0.05) is 48.5 Å². The van der Waals surface area contributed by atoms with Gasteiger partial charge in [0.05, 0.1) is 25.3 Å². The summed E-state index contributed by atoms with van der Waals surface area (Å²) in [6.45, 7) is 0. The van der Waals surface area contributed by atoms with Gasteiger partial charge in [0, 0.05) is 44.3 Å². The molecule has 0 fully saturated rings. The second-order valence-electron chi connectivity index (χ2n) is 9.44. The number of rotatable bonds is 6. The Bertz CT molecular complexity index is 1810. The van der Waals surface area contributed by atoms with Crippen LogP contribution in [0.4, 0.5) is 0 Å². The minimum Gasteiger partial charge on any atom is -0.465 e. The Balaban J connectivity index is 1.30. The molecule has 2 heterocycles. The summed E-state index contributed by atoms with van der Waals surface area (Å²) in [6, 6.07) is 29.6. The molecule has 0 bridgehead atoms. The number of carbonyl (C=O) groups excluding carboxylic acids is 3. The van der Waals surface area contributed by atoms with Crippen molar-refractivity contribution in [3.63, 3.8) is 0 Å². The van der Waals surface area contributed by atoms with E-state index in [9.17, 15) is 14.4 Å². The van der Waals surface area contributed by atoms with E-state index >= 15 is 0 Å². The summed E-state index contributed by atoms with van der Waals surface area (Å²) in [4.78, 5) is 44.0. The number of H-pyrrole nitrogens is 2. The maximum absolute atomic E-state index is 13.5. The van der Waals surface area contributed by atoms with Crippen LogP contribution < -0.4 is 0 Å². The first kappa shape index (κ1) is 24.9. The molecule has 0 amide bonds. The van der Waals surface area contributed by atoms with Gasteiger partial charge in [0.15, 0.2) is 5.78 Å². The molecular weight excluding hydrogens is 504 g/mol. The number of hydrogen-bond acceptors (Lipinski definition) is 5. The predicted molar refractivity (Wildman–Crippen MR) is 154 cm³/mol. The first-order valence-corrected chi connectivity index (χ1v) is 12.6. The van der Waals surface area contributed by atoms with Crippen molar-refractivity contribution in [2.45, 2.75) is 0 Å². The number of aromatic nitrogens is 2. The Morgan fingerprint density at radius 2 is 0.975 bits per heavy atom. The number of ether oxygens (including phenoxy) is 2. The largest absolute Gasteiger partial charge is 0.465 e. The number of fused-ring (bicyclic) bond motifs is 2. The van der Waals surface area contributed by atoms with Gasteiger partial charge in [-0.25, -0.2) is 9.59 Å². The molecule has 6 aromatic rings. The molecule has 2 N–H and O–H groups in total. The Labute approximate surface area is 229 Å². The molecule has 7 heteroatoms. The van der Waals surface area contributed by atoms with E-state index in [0.717, 1.165) is 44.3 Å². The fourth-order valence-electron chi connectivity index (χ4n) is 4.88. The van der Waals surface area contributed by atoms with Crippen molar-refractivity contribution in [1.29, 1.82) is 0 Å². The fraction of sp³-hybridized carbons (Fsp3) is 0.0606. The molecule has 0 unspecified atom stereocenters. The molecule has 196 valence electrons. The van der Waals surface area contributed by atoms with E-state index in [2.05, 4.69) is 9.97 Å². The van der Waals surface area contributed by atoms with Crippen LogP contribution in [0.15, 0.2) is 97.1 Å². The lowest BCUT2D eigenvalue weighted by Gasteiger charge is -2.06. The number of carbonyl (C=O) groups is 3. The highest BCUT2D eigenvalue weighted by atomic mass is 16.5. The standard InChI is InChI=1S/C33H24N2O5/c1-39-32(37)25-11-9-21-15-27(34-29(21)17-25)19-5-3-7-23(13-19)31(36)24-8-4-6-20(14-24)28-16-22-10-12-26(33(38)40-2)18-30(22)35-28/h3-18,34-35H,1-2H3. The monoisotopic (exact) mass is 528 g/mol. The van der Waals surface area contributed by atoms with Crippen molar-refractivity contribution >= 4 is 39.5 Å². The van der Waals surface area contributed by atoms with Crippen LogP contribution in [0.2, 0.25) is 0 Å². The summed E-state index contributed by atoms with van der Waals surface area (Å²) in [7, 11) is 2.71. The van der Waals surface area contributed by atoms with Crippen molar-refractivity contribution in [1.82, 2.24) is 9.97 Å². The second-order valence-corrected chi connectivity index (χ2v) is 9.44. The maximum atomic E-state index is 13.5. The summed E-state index contributed by atoms with van der Waals surface area (Å²) >= 11 is 0. The average molecular weight is 529 g/mol. The minimum absolute atomic E-state index is 0.100. The number of benzene rings is 4. The summed E-state index contributed by atoms with van der Waals surface area (Å²) in [5, 5.41) is 1.90. The van der Waals surface area contributed by atoms with Gasteiger partial charge in [-0.15, -0.1) is 0 Å². The molecule has 0 aliphatic rings. The molecule has 0 spiro atoms. The fourth-order valence-corrected chi connectivity index (χ4v) is 4.88. The minimum atomic E-state index is -0.397. The van der Waals surface area contributed by atoms with Gasteiger partial charge >= 0.3 is 11.9 Å². The van der Waals surface area contributed by atoms with Gasteiger partial charge < -0.3 is 19.4 Å². The van der Waals surface area contributed by atoms with Crippen LogP contribution in [0.25, 0.3) is 44.3 Å². The molecule has 7 nitrogen and oxygen atoms in total. The van der Waals surface area contributed by atoms with Crippen LogP contribution in [0, 0.1) is 0 Å². The molecule has 6 rings (SSSR count). The van der Waals surface area contributed by atoms with Crippen LogP contribution in [0.5, 0.6) is 0 Å². The molecule has 0 radical (unpaired) electrons. The zero-order valence-electron chi connectivity index (χ0n) is 21.8. The Kier molecular flexibility index (Phi) is 6.24. The topological polar surface area (TPSA) is 101 Å². The van der Waals surface area contributed by atoms with Crippen molar-refractivity contribution in [2.75, 3.05) is 14.2 Å². The third kappa shape index (κ3) is 4.54. The first-order chi connectivity index (χ1) is 19.4. The third-order valence-electron chi connectivity index (χ3n) is 6.96. The zero-order chi connectivity index (χ0) is 27.8. The van der Waals surface area contributed by atoms with Crippen molar-refractivity contribution in [2.24, 2.45) is 0 Å². The average Bonchev–Trinajstić information content (AvgIpc) is 3.64. The van der Waals surface area contributed by atoms with E-state index < -0.39 is 11.9 Å². The summed E-state index contributed by atoms with van der Waals surface area (Å²) in [5.41, 5.74) is 7.04. The zero-order valence-corrected chi connectivity index (χ0v) is 21.8. The van der Waals surface area contributed by atoms with Crippen LogP contribution in [0.1, 0.15) is 36.6 Å². The summed E-state index contributed by atoms with van der Waals surface area (Å²) < 4.78 is 9.64. The normalized spacial score (nSPS) is 11.1. The van der Waals surface area contributed by atoms with Crippen molar-refractivity contribution in [3.05, 3.63) is 119 Å². The van der Waals surface area contributed by atoms with E-state index in [1.54, 1.807) is 36.4 Å². The van der Waals surface area contributed by atoms with Gasteiger partial charge in [-0.05, 0) is 59.7 Å². The molecule has 0 saturated heterocycles. The first-order valence-electron chi connectivity index (χ1n) is 12.6. The van der Waals surface area contributed by atoms with Gasteiger partial charge in [-0.2, -0.15) is 0 Å².